The minimum atomic E-state index is 0.657. The van der Waals surface area contributed by atoms with Crippen LogP contribution in [0.4, 0.5) is 0 Å². The molecule has 1 aliphatic heterocycles. The first kappa shape index (κ1) is 13.8. The molecule has 0 bridgehead atoms. The molecule has 3 rings (SSSR count). The molecule has 0 N–H and O–H groups in total. The zero-order valence-corrected chi connectivity index (χ0v) is 12.7. The fourth-order valence-electron chi connectivity index (χ4n) is 3.20. The van der Waals surface area contributed by atoms with Crippen molar-refractivity contribution in [3.63, 3.8) is 0 Å². The van der Waals surface area contributed by atoms with Crippen molar-refractivity contribution in [2.45, 2.75) is 45.2 Å². The zero-order chi connectivity index (χ0) is 13.9. The molecule has 2 nitrogen and oxygen atoms in total. The highest BCUT2D eigenvalue weighted by Gasteiger charge is 2.21. The predicted octanol–water partition coefficient (Wildman–Crippen LogP) is 4.65. The number of halogens is 1. The number of aromatic nitrogens is 1. The average molecular weight is 289 g/mol. The Balaban J connectivity index is 1.87. The number of hydrogen-bond donors (Lipinski definition) is 0. The van der Waals surface area contributed by atoms with Gasteiger partial charge in [0.15, 0.2) is 0 Å². The fraction of sp³-hybridized carbons (Fsp3) is 0.471. The smallest absolute Gasteiger partial charge is 0.134 e. The highest BCUT2D eigenvalue weighted by molar-refractivity contribution is 6.30. The number of fused-ring (bicyclic) bond motifs is 1. The summed E-state index contributed by atoms with van der Waals surface area (Å²) in [6.45, 7) is 4.39. The summed E-state index contributed by atoms with van der Waals surface area (Å²) in [6, 6.07) is 11.1. The molecule has 1 aliphatic rings. The fourth-order valence-corrected chi connectivity index (χ4v) is 3.40. The van der Waals surface area contributed by atoms with Crippen LogP contribution < -0.4 is 0 Å². The van der Waals surface area contributed by atoms with Gasteiger partial charge in [0.25, 0.3) is 0 Å². The first-order valence-corrected chi connectivity index (χ1v) is 7.94. The molecule has 1 aromatic heterocycles. The second-order valence-corrected chi connectivity index (χ2v) is 6.02. The van der Waals surface area contributed by atoms with Gasteiger partial charge in [-0.1, -0.05) is 43.1 Å². The number of benzene rings is 1. The molecule has 0 radical (unpaired) electrons. The van der Waals surface area contributed by atoms with Crippen LogP contribution in [0.3, 0.4) is 0 Å². The van der Waals surface area contributed by atoms with Gasteiger partial charge < -0.3 is 0 Å². The van der Waals surface area contributed by atoms with Crippen molar-refractivity contribution in [1.82, 2.24) is 9.88 Å². The third-order valence-corrected chi connectivity index (χ3v) is 4.67. The van der Waals surface area contributed by atoms with Crippen molar-refractivity contribution in [2.24, 2.45) is 0 Å². The van der Waals surface area contributed by atoms with E-state index in [1.807, 2.05) is 12.1 Å². The Bertz CT molecular complexity index is 597. The summed E-state index contributed by atoms with van der Waals surface area (Å²) in [4.78, 5) is 7.10. The lowest BCUT2D eigenvalue weighted by Gasteiger charge is -2.35. The van der Waals surface area contributed by atoms with Crippen molar-refractivity contribution in [3.8, 4) is 0 Å². The maximum atomic E-state index is 6.38. The van der Waals surface area contributed by atoms with Gasteiger partial charge in [0.05, 0.1) is 5.52 Å². The molecule has 20 heavy (non-hydrogen) atoms. The number of likely N-dealkylation sites (tertiary alicyclic amines) is 1. The maximum absolute atomic E-state index is 6.38. The van der Waals surface area contributed by atoms with Gasteiger partial charge in [0, 0.05) is 23.5 Å². The molecule has 1 saturated heterocycles. The van der Waals surface area contributed by atoms with Gasteiger partial charge in [-0.15, -0.1) is 0 Å². The number of hydrogen-bond acceptors (Lipinski definition) is 2. The molecule has 2 aromatic rings. The van der Waals surface area contributed by atoms with Crippen LogP contribution in [0.2, 0.25) is 5.15 Å². The number of para-hydroxylation sites is 1. The van der Waals surface area contributed by atoms with Crippen LogP contribution in [0, 0.1) is 0 Å². The third kappa shape index (κ3) is 2.82. The van der Waals surface area contributed by atoms with Crippen LogP contribution in [0.15, 0.2) is 30.3 Å². The van der Waals surface area contributed by atoms with Crippen LogP contribution in [0.1, 0.15) is 38.2 Å². The molecule has 106 valence electrons. The van der Waals surface area contributed by atoms with Gasteiger partial charge in [-0.3, -0.25) is 4.90 Å². The van der Waals surface area contributed by atoms with Gasteiger partial charge in [0.2, 0.25) is 0 Å². The first-order chi connectivity index (χ1) is 9.78. The summed E-state index contributed by atoms with van der Waals surface area (Å²) >= 11 is 6.38. The Morgan fingerprint density at radius 1 is 1.30 bits per heavy atom. The zero-order valence-electron chi connectivity index (χ0n) is 12.0. The first-order valence-electron chi connectivity index (χ1n) is 7.56. The minimum Gasteiger partial charge on any atom is -0.296 e. The molecule has 2 heterocycles. The normalized spacial score (nSPS) is 20.4. The van der Waals surface area contributed by atoms with Gasteiger partial charge in [-0.25, -0.2) is 4.98 Å². The maximum Gasteiger partial charge on any atom is 0.134 e. The van der Waals surface area contributed by atoms with Crippen molar-refractivity contribution in [3.05, 3.63) is 41.0 Å². The van der Waals surface area contributed by atoms with Crippen molar-refractivity contribution >= 4 is 22.5 Å². The van der Waals surface area contributed by atoms with Crippen LogP contribution in [0.25, 0.3) is 10.9 Å². The molecule has 0 amide bonds. The van der Waals surface area contributed by atoms with E-state index in [0.29, 0.717) is 11.2 Å². The summed E-state index contributed by atoms with van der Waals surface area (Å²) in [6.07, 6.45) is 5.20. The monoisotopic (exact) mass is 288 g/mol. The topological polar surface area (TPSA) is 16.1 Å². The summed E-state index contributed by atoms with van der Waals surface area (Å²) in [5, 5.41) is 1.83. The number of nitrogens with zero attached hydrogens (tertiary/aromatic N) is 2. The molecule has 1 fully saturated rings. The number of rotatable bonds is 3. The molecule has 1 aromatic carbocycles. The van der Waals surface area contributed by atoms with E-state index in [1.54, 1.807) is 0 Å². The van der Waals surface area contributed by atoms with E-state index >= 15 is 0 Å². The molecular weight excluding hydrogens is 268 g/mol. The van der Waals surface area contributed by atoms with Crippen LogP contribution in [-0.4, -0.2) is 22.5 Å². The number of pyridine rings is 1. The summed E-state index contributed by atoms with van der Waals surface area (Å²) < 4.78 is 0. The lowest BCUT2D eigenvalue weighted by molar-refractivity contribution is 0.136. The molecule has 1 unspecified atom stereocenters. The van der Waals surface area contributed by atoms with E-state index in [4.69, 9.17) is 11.6 Å². The van der Waals surface area contributed by atoms with E-state index in [0.717, 1.165) is 17.6 Å². The van der Waals surface area contributed by atoms with Crippen LogP contribution >= 0.6 is 11.6 Å². The number of piperidine rings is 1. The summed E-state index contributed by atoms with van der Waals surface area (Å²) in [7, 11) is 0. The molecule has 1 atom stereocenters. The van der Waals surface area contributed by atoms with Gasteiger partial charge in [-0.2, -0.15) is 0 Å². The highest BCUT2D eigenvalue weighted by atomic mass is 35.5. The van der Waals surface area contributed by atoms with E-state index in [-0.39, 0.29) is 0 Å². The van der Waals surface area contributed by atoms with Gasteiger partial charge in [-0.05, 0) is 37.9 Å². The SMILES string of the molecule is CCC1CCCCN1Cc1cc2ccccc2nc1Cl. The Hall–Kier alpha value is -1.12. The summed E-state index contributed by atoms with van der Waals surface area (Å²) in [5.74, 6) is 0. The minimum absolute atomic E-state index is 0.657. The second-order valence-electron chi connectivity index (χ2n) is 5.66. The van der Waals surface area contributed by atoms with E-state index in [2.05, 4.69) is 35.0 Å². The molecular formula is C17H21ClN2. The standard InChI is InChI=1S/C17H21ClN2/c1-2-15-8-5-6-10-20(15)12-14-11-13-7-3-4-9-16(13)19-17(14)18/h3-4,7,9,11,15H,2,5-6,8,10,12H2,1H3. The molecule has 0 spiro atoms. The van der Waals surface area contributed by atoms with E-state index in [9.17, 15) is 0 Å². The molecule has 0 aliphatic carbocycles. The molecule has 0 saturated carbocycles. The second kappa shape index (κ2) is 6.11. The Labute approximate surface area is 125 Å². The quantitative estimate of drug-likeness (QED) is 0.764. The molecule has 3 heteroatoms. The summed E-state index contributed by atoms with van der Waals surface area (Å²) in [5.41, 5.74) is 2.14. The third-order valence-electron chi connectivity index (χ3n) is 4.34. The average Bonchev–Trinajstić information content (AvgIpc) is 2.48. The van der Waals surface area contributed by atoms with E-state index < -0.39 is 0 Å². The van der Waals surface area contributed by atoms with Gasteiger partial charge in [0.1, 0.15) is 5.15 Å². The predicted molar refractivity (Wildman–Crippen MR) is 85.1 cm³/mol. The Morgan fingerprint density at radius 3 is 3.00 bits per heavy atom. The largest absolute Gasteiger partial charge is 0.296 e. The lowest BCUT2D eigenvalue weighted by atomic mass is 9.99. The lowest BCUT2D eigenvalue weighted by Crippen LogP contribution is -2.38. The highest BCUT2D eigenvalue weighted by Crippen LogP contribution is 2.26. The Morgan fingerprint density at radius 2 is 2.15 bits per heavy atom. The Kier molecular flexibility index (Phi) is 4.23. The van der Waals surface area contributed by atoms with Crippen molar-refractivity contribution in [2.75, 3.05) is 6.54 Å². The van der Waals surface area contributed by atoms with Gasteiger partial charge >= 0.3 is 0 Å². The van der Waals surface area contributed by atoms with Crippen molar-refractivity contribution < 1.29 is 0 Å². The van der Waals surface area contributed by atoms with E-state index in [1.165, 1.54) is 37.6 Å². The van der Waals surface area contributed by atoms with Crippen LogP contribution in [-0.2, 0) is 6.54 Å². The van der Waals surface area contributed by atoms with Crippen LogP contribution in [0.5, 0.6) is 0 Å². The van der Waals surface area contributed by atoms with Crippen molar-refractivity contribution in [1.29, 1.82) is 0 Å².